The number of nitrogens with one attached hydrogen (secondary N) is 1. The lowest BCUT2D eigenvalue weighted by Gasteiger charge is -2.21. The highest BCUT2D eigenvalue weighted by Crippen LogP contribution is 2.20. The van der Waals surface area contributed by atoms with Crippen molar-refractivity contribution in [3.05, 3.63) is 0 Å². The third-order valence-electron chi connectivity index (χ3n) is 4.41. The van der Waals surface area contributed by atoms with Crippen LogP contribution in [0.3, 0.4) is 0 Å². The molecule has 1 rings (SSSR count). The van der Waals surface area contributed by atoms with Crippen LogP contribution in [0, 0.1) is 0 Å². The van der Waals surface area contributed by atoms with Crippen LogP contribution in [0.15, 0.2) is 0 Å². The van der Waals surface area contributed by atoms with Gasteiger partial charge in [-0.15, -0.1) is 0 Å². The van der Waals surface area contributed by atoms with Gasteiger partial charge in [0.25, 0.3) is 0 Å². The number of hydrogen-bond acceptors (Lipinski definition) is 2. The van der Waals surface area contributed by atoms with E-state index < -0.39 is 0 Å². The molecule has 0 aromatic carbocycles. The van der Waals surface area contributed by atoms with Crippen molar-refractivity contribution in [1.29, 1.82) is 0 Å². The minimum absolute atomic E-state index is 0.536. The Balaban J connectivity index is 2.06. The topological polar surface area (TPSA) is 21.3 Å². The second-order valence-corrected chi connectivity index (χ2v) is 6.43. The molecule has 0 aliphatic carbocycles. The smallest absolute Gasteiger partial charge is 0.0590 e. The first-order chi connectivity index (χ1) is 9.86. The third kappa shape index (κ3) is 8.97. The van der Waals surface area contributed by atoms with Gasteiger partial charge in [0, 0.05) is 12.6 Å². The first kappa shape index (κ1) is 18.0. The predicted molar refractivity (Wildman–Crippen MR) is 88.3 cm³/mol. The molecule has 1 fully saturated rings. The van der Waals surface area contributed by atoms with Crippen molar-refractivity contribution < 1.29 is 4.74 Å². The van der Waals surface area contributed by atoms with Crippen LogP contribution in [0.2, 0.25) is 0 Å². The zero-order valence-corrected chi connectivity index (χ0v) is 14.0. The molecule has 2 unspecified atom stereocenters. The summed E-state index contributed by atoms with van der Waals surface area (Å²) in [4.78, 5) is 0. The molecule has 2 nitrogen and oxygen atoms in total. The monoisotopic (exact) mass is 283 g/mol. The maximum atomic E-state index is 5.80. The molecule has 0 radical (unpaired) electrons. The van der Waals surface area contributed by atoms with Crippen LogP contribution < -0.4 is 5.32 Å². The Bertz CT molecular complexity index is 202. The van der Waals surface area contributed by atoms with Crippen LogP contribution in [0.5, 0.6) is 0 Å². The van der Waals surface area contributed by atoms with Gasteiger partial charge >= 0.3 is 0 Å². The normalized spacial score (nSPS) is 20.4. The molecule has 1 heterocycles. The Morgan fingerprint density at radius 1 is 1.00 bits per heavy atom. The molecule has 1 N–H and O–H groups in total. The number of rotatable bonds is 13. The molecule has 0 aromatic rings. The summed E-state index contributed by atoms with van der Waals surface area (Å²) in [5.41, 5.74) is 0. The van der Waals surface area contributed by atoms with Gasteiger partial charge < -0.3 is 10.1 Å². The SMILES string of the molecule is CCCCCCCCCC(CC1CCCO1)NCCC. The number of hydrogen-bond donors (Lipinski definition) is 1. The average molecular weight is 284 g/mol. The van der Waals surface area contributed by atoms with Gasteiger partial charge in [-0.1, -0.05) is 58.8 Å². The second-order valence-electron chi connectivity index (χ2n) is 6.43. The van der Waals surface area contributed by atoms with Crippen LogP contribution in [-0.4, -0.2) is 25.3 Å². The summed E-state index contributed by atoms with van der Waals surface area (Å²) in [6, 6.07) is 0.689. The first-order valence-corrected chi connectivity index (χ1v) is 9.21. The van der Waals surface area contributed by atoms with E-state index in [0.717, 1.165) is 13.2 Å². The van der Waals surface area contributed by atoms with Gasteiger partial charge in [-0.2, -0.15) is 0 Å². The second kappa shape index (κ2) is 12.6. The molecule has 0 aromatic heterocycles. The van der Waals surface area contributed by atoms with Crippen molar-refractivity contribution >= 4 is 0 Å². The molecule has 2 heteroatoms. The highest BCUT2D eigenvalue weighted by molar-refractivity contribution is 4.75. The van der Waals surface area contributed by atoms with Gasteiger partial charge in [-0.05, 0) is 38.6 Å². The maximum Gasteiger partial charge on any atom is 0.0590 e. The third-order valence-corrected chi connectivity index (χ3v) is 4.41. The molecule has 1 aliphatic rings. The van der Waals surface area contributed by atoms with E-state index in [2.05, 4.69) is 19.2 Å². The largest absolute Gasteiger partial charge is 0.378 e. The summed E-state index contributed by atoms with van der Waals surface area (Å²) in [6.07, 6.45) is 16.8. The zero-order chi connectivity index (χ0) is 14.5. The minimum atomic E-state index is 0.536. The van der Waals surface area contributed by atoms with E-state index in [1.165, 1.54) is 77.0 Å². The lowest BCUT2D eigenvalue weighted by molar-refractivity contribution is 0.0933. The molecule has 0 bridgehead atoms. The molecule has 0 amide bonds. The van der Waals surface area contributed by atoms with Crippen molar-refractivity contribution in [1.82, 2.24) is 5.32 Å². The Morgan fingerprint density at radius 3 is 2.40 bits per heavy atom. The van der Waals surface area contributed by atoms with E-state index in [4.69, 9.17) is 4.74 Å². The van der Waals surface area contributed by atoms with E-state index in [0.29, 0.717) is 12.1 Å². The fourth-order valence-electron chi connectivity index (χ4n) is 3.15. The highest BCUT2D eigenvalue weighted by Gasteiger charge is 2.20. The number of ether oxygens (including phenoxy) is 1. The van der Waals surface area contributed by atoms with Crippen LogP contribution in [0.1, 0.15) is 90.9 Å². The van der Waals surface area contributed by atoms with E-state index in [-0.39, 0.29) is 0 Å². The van der Waals surface area contributed by atoms with Crippen molar-refractivity contribution in [3.8, 4) is 0 Å². The highest BCUT2D eigenvalue weighted by atomic mass is 16.5. The lowest BCUT2D eigenvalue weighted by Crippen LogP contribution is -2.33. The standard InChI is InChI=1S/C18H37NO/c1-3-5-6-7-8-9-10-12-17(19-14-4-2)16-18-13-11-15-20-18/h17-19H,3-16H2,1-2H3. The van der Waals surface area contributed by atoms with Gasteiger partial charge in [0.15, 0.2) is 0 Å². The van der Waals surface area contributed by atoms with Crippen molar-refractivity contribution in [2.75, 3.05) is 13.2 Å². The molecule has 20 heavy (non-hydrogen) atoms. The molecule has 0 spiro atoms. The van der Waals surface area contributed by atoms with E-state index in [9.17, 15) is 0 Å². The molecule has 1 saturated heterocycles. The summed E-state index contributed by atoms with van der Waals surface area (Å²) in [5, 5.41) is 3.73. The van der Waals surface area contributed by atoms with Gasteiger partial charge in [0.2, 0.25) is 0 Å². The van der Waals surface area contributed by atoms with E-state index in [1.807, 2.05) is 0 Å². The Kier molecular flexibility index (Phi) is 11.4. The van der Waals surface area contributed by atoms with E-state index >= 15 is 0 Å². The number of unbranched alkanes of at least 4 members (excludes halogenated alkanes) is 6. The quantitative estimate of drug-likeness (QED) is 0.477. The van der Waals surface area contributed by atoms with Crippen LogP contribution in [0.25, 0.3) is 0 Å². The fraction of sp³-hybridized carbons (Fsp3) is 1.00. The Hall–Kier alpha value is -0.0800. The Labute approximate surface area is 127 Å². The molecule has 2 atom stereocenters. The van der Waals surface area contributed by atoms with Crippen molar-refractivity contribution in [3.63, 3.8) is 0 Å². The van der Waals surface area contributed by atoms with Crippen LogP contribution >= 0.6 is 0 Å². The van der Waals surface area contributed by atoms with Gasteiger partial charge in [0.05, 0.1) is 6.10 Å². The van der Waals surface area contributed by atoms with Crippen molar-refractivity contribution in [2.45, 2.75) is 103 Å². The van der Waals surface area contributed by atoms with Gasteiger partial charge in [-0.3, -0.25) is 0 Å². The molecule has 120 valence electrons. The summed E-state index contributed by atoms with van der Waals surface area (Å²) < 4.78 is 5.80. The average Bonchev–Trinajstić information content (AvgIpc) is 2.96. The molecule has 1 aliphatic heterocycles. The molecular weight excluding hydrogens is 246 g/mol. The van der Waals surface area contributed by atoms with Gasteiger partial charge in [-0.25, -0.2) is 0 Å². The minimum Gasteiger partial charge on any atom is -0.378 e. The summed E-state index contributed by atoms with van der Waals surface area (Å²) in [5.74, 6) is 0. The molecular formula is C18H37NO. The summed E-state index contributed by atoms with van der Waals surface area (Å²) in [7, 11) is 0. The predicted octanol–water partition coefficient (Wildman–Crippen LogP) is 5.06. The van der Waals surface area contributed by atoms with Crippen molar-refractivity contribution in [2.24, 2.45) is 0 Å². The summed E-state index contributed by atoms with van der Waals surface area (Å²) >= 11 is 0. The van der Waals surface area contributed by atoms with Crippen LogP contribution in [0.4, 0.5) is 0 Å². The fourth-order valence-corrected chi connectivity index (χ4v) is 3.15. The maximum absolute atomic E-state index is 5.80. The van der Waals surface area contributed by atoms with Crippen LogP contribution in [-0.2, 0) is 4.74 Å². The first-order valence-electron chi connectivity index (χ1n) is 9.21. The zero-order valence-electron chi connectivity index (χ0n) is 14.0. The molecule has 0 saturated carbocycles. The lowest BCUT2D eigenvalue weighted by atomic mass is 9.99. The van der Waals surface area contributed by atoms with E-state index in [1.54, 1.807) is 0 Å². The van der Waals surface area contributed by atoms with Gasteiger partial charge in [0.1, 0.15) is 0 Å². The summed E-state index contributed by atoms with van der Waals surface area (Å²) in [6.45, 7) is 6.69. The Morgan fingerprint density at radius 2 is 1.75 bits per heavy atom.